The summed E-state index contributed by atoms with van der Waals surface area (Å²) in [5.74, 6) is 0.566. The summed E-state index contributed by atoms with van der Waals surface area (Å²) in [5.41, 5.74) is 2.18. The SMILES string of the molecule is Cc1ccc(C(C)(O)c2ccco2)cc1C. The van der Waals surface area contributed by atoms with Gasteiger partial charge in [-0.25, -0.2) is 0 Å². The van der Waals surface area contributed by atoms with E-state index >= 15 is 0 Å². The second kappa shape index (κ2) is 3.80. The lowest BCUT2D eigenvalue weighted by Crippen LogP contribution is -2.22. The number of rotatable bonds is 2. The van der Waals surface area contributed by atoms with Crippen molar-refractivity contribution < 1.29 is 9.52 Å². The van der Waals surface area contributed by atoms with Gasteiger partial charge < -0.3 is 9.52 Å². The topological polar surface area (TPSA) is 33.4 Å². The van der Waals surface area contributed by atoms with Gasteiger partial charge in [0.2, 0.25) is 0 Å². The third kappa shape index (κ3) is 1.76. The highest BCUT2D eigenvalue weighted by Gasteiger charge is 2.28. The average molecular weight is 216 g/mol. The molecule has 0 bridgehead atoms. The molecule has 16 heavy (non-hydrogen) atoms. The van der Waals surface area contributed by atoms with E-state index in [2.05, 4.69) is 6.92 Å². The Bertz CT molecular complexity index is 481. The molecular formula is C14H16O2. The second-order valence-electron chi connectivity index (χ2n) is 4.35. The molecule has 1 unspecified atom stereocenters. The van der Waals surface area contributed by atoms with Crippen molar-refractivity contribution in [3.8, 4) is 0 Å². The molecule has 2 nitrogen and oxygen atoms in total. The highest BCUT2D eigenvalue weighted by molar-refractivity contribution is 5.36. The molecule has 2 heteroatoms. The van der Waals surface area contributed by atoms with Crippen LogP contribution in [0.3, 0.4) is 0 Å². The van der Waals surface area contributed by atoms with E-state index in [-0.39, 0.29) is 0 Å². The van der Waals surface area contributed by atoms with Gasteiger partial charge in [-0.3, -0.25) is 0 Å². The Morgan fingerprint density at radius 1 is 1.12 bits per heavy atom. The van der Waals surface area contributed by atoms with Crippen molar-refractivity contribution in [2.75, 3.05) is 0 Å². The molecule has 0 fully saturated rings. The number of benzene rings is 1. The normalized spacial score (nSPS) is 14.8. The number of aryl methyl sites for hydroxylation is 2. The van der Waals surface area contributed by atoms with Crippen LogP contribution in [0.4, 0.5) is 0 Å². The van der Waals surface area contributed by atoms with E-state index in [9.17, 15) is 5.11 Å². The quantitative estimate of drug-likeness (QED) is 0.836. The maximum absolute atomic E-state index is 10.5. The Morgan fingerprint density at radius 3 is 2.44 bits per heavy atom. The second-order valence-corrected chi connectivity index (χ2v) is 4.35. The van der Waals surface area contributed by atoms with Crippen LogP contribution in [-0.4, -0.2) is 5.11 Å². The maximum Gasteiger partial charge on any atom is 0.144 e. The molecule has 1 heterocycles. The molecule has 1 atom stereocenters. The highest BCUT2D eigenvalue weighted by atomic mass is 16.4. The Labute approximate surface area is 95.5 Å². The van der Waals surface area contributed by atoms with E-state index < -0.39 is 5.60 Å². The van der Waals surface area contributed by atoms with Crippen molar-refractivity contribution in [2.24, 2.45) is 0 Å². The summed E-state index contributed by atoms with van der Waals surface area (Å²) in [7, 11) is 0. The van der Waals surface area contributed by atoms with Crippen LogP contribution in [0, 0.1) is 13.8 Å². The Kier molecular flexibility index (Phi) is 2.60. The Balaban J connectivity index is 2.47. The molecule has 2 rings (SSSR count). The van der Waals surface area contributed by atoms with Crippen LogP contribution in [0.5, 0.6) is 0 Å². The zero-order chi connectivity index (χ0) is 11.8. The first-order valence-electron chi connectivity index (χ1n) is 5.36. The number of hydrogen-bond donors (Lipinski definition) is 1. The zero-order valence-electron chi connectivity index (χ0n) is 9.82. The van der Waals surface area contributed by atoms with Crippen LogP contribution in [0.15, 0.2) is 41.0 Å². The van der Waals surface area contributed by atoms with Crippen molar-refractivity contribution in [3.63, 3.8) is 0 Å². The van der Waals surface area contributed by atoms with E-state index in [1.807, 2.05) is 25.1 Å². The molecule has 0 amide bonds. The molecule has 2 aromatic rings. The number of aliphatic hydroxyl groups is 1. The number of furan rings is 1. The van der Waals surface area contributed by atoms with Crippen LogP contribution in [0.2, 0.25) is 0 Å². The van der Waals surface area contributed by atoms with E-state index in [1.54, 1.807) is 25.3 Å². The summed E-state index contributed by atoms with van der Waals surface area (Å²) in [6.07, 6.45) is 1.57. The summed E-state index contributed by atoms with van der Waals surface area (Å²) in [6, 6.07) is 9.52. The molecule has 1 N–H and O–H groups in total. The summed E-state index contributed by atoms with van der Waals surface area (Å²) in [5, 5.41) is 10.5. The van der Waals surface area contributed by atoms with Gasteiger partial charge in [0.15, 0.2) is 0 Å². The van der Waals surface area contributed by atoms with Gasteiger partial charge in [0.05, 0.1) is 6.26 Å². The molecule has 1 aromatic heterocycles. The third-order valence-corrected chi connectivity index (χ3v) is 3.07. The lowest BCUT2D eigenvalue weighted by molar-refractivity contribution is 0.0767. The Morgan fingerprint density at radius 2 is 1.88 bits per heavy atom. The van der Waals surface area contributed by atoms with Crippen LogP contribution in [-0.2, 0) is 5.60 Å². The first-order chi connectivity index (χ1) is 7.51. The molecule has 84 valence electrons. The molecule has 0 radical (unpaired) electrons. The number of hydrogen-bond acceptors (Lipinski definition) is 2. The third-order valence-electron chi connectivity index (χ3n) is 3.07. The van der Waals surface area contributed by atoms with E-state index in [0.29, 0.717) is 5.76 Å². The van der Waals surface area contributed by atoms with Crippen molar-refractivity contribution in [1.29, 1.82) is 0 Å². The monoisotopic (exact) mass is 216 g/mol. The smallest absolute Gasteiger partial charge is 0.144 e. The first kappa shape index (κ1) is 11.0. The molecule has 0 aliphatic heterocycles. The van der Waals surface area contributed by atoms with E-state index in [1.165, 1.54) is 11.1 Å². The van der Waals surface area contributed by atoms with E-state index in [4.69, 9.17) is 4.42 Å². The summed E-state index contributed by atoms with van der Waals surface area (Å²) >= 11 is 0. The fourth-order valence-corrected chi connectivity index (χ4v) is 1.74. The standard InChI is InChI=1S/C14H16O2/c1-10-6-7-12(9-11(10)2)14(3,15)13-5-4-8-16-13/h4-9,15H,1-3H3. The zero-order valence-corrected chi connectivity index (χ0v) is 9.82. The molecule has 0 saturated carbocycles. The molecule has 0 spiro atoms. The van der Waals surface area contributed by atoms with Gasteiger partial charge in [0.25, 0.3) is 0 Å². The van der Waals surface area contributed by atoms with Crippen molar-refractivity contribution >= 4 is 0 Å². The van der Waals surface area contributed by atoms with Crippen molar-refractivity contribution in [1.82, 2.24) is 0 Å². The lowest BCUT2D eigenvalue weighted by Gasteiger charge is -2.22. The predicted molar refractivity (Wildman–Crippen MR) is 63.3 cm³/mol. The van der Waals surface area contributed by atoms with Gasteiger partial charge in [-0.2, -0.15) is 0 Å². The van der Waals surface area contributed by atoms with Crippen LogP contribution >= 0.6 is 0 Å². The fourth-order valence-electron chi connectivity index (χ4n) is 1.74. The molecular weight excluding hydrogens is 200 g/mol. The van der Waals surface area contributed by atoms with Gasteiger partial charge in [-0.05, 0) is 49.6 Å². The van der Waals surface area contributed by atoms with Gasteiger partial charge in [-0.1, -0.05) is 18.2 Å². The highest BCUT2D eigenvalue weighted by Crippen LogP contribution is 2.30. The minimum Gasteiger partial charge on any atom is -0.466 e. The summed E-state index contributed by atoms with van der Waals surface area (Å²) in [4.78, 5) is 0. The van der Waals surface area contributed by atoms with Gasteiger partial charge in [0, 0.05) is 0 Å². The summed E-state index contributed by atoms with van der Waals surface area (Å²) in [6.45, 7) is 5.84. The molecule has 1 aromatic carbocycles. The molecule has 0 saturated heterocycles. The van der Waals surface area contributed by atoms with E-state index in [0.717, 1.165) is 5.56 Å². The van der Waals surface area contributed by atoms with Gasteiger partial charge >= 0.3 is 0 Å². The van der Waals surface area contributed by atoms with Gasteiger partial charge in [0.1, 0.15) is 11.4 Å². The Hall–Kier alpha value is -1.54. The average Bonchev–Trinajstić information content (AvgIpc) is 2.75. The lowest BCUT2D eigenvalue weighted by atomic mass is 9.91. The minimum atomic E-state index is -1.07. The largest absolute Gasteiger partial charge is 0.466 e. The van der Waals surface area contributed by atoms with Crippen molar-refractivity contribution in [2.45, 2.75) is 26.4 Å². The fraction of sp³-hybridized carbons (Fsp3) is 0.286. The molecule has 0 aliphatic carbocycles. The van der Waals surface area contributed by atoms with Crippen LogP contribution < -0.4 is 0 Å². The van der Waals surface area contributed by atoms with Crippen LogP contribution in [0.25, 0.3) is 0 Å². The van der Waals surface area contributed by atoms with Crippen molar-refractivity contribution in [3.05, 3.63) is 59.0 Å². The molecule has 0 aliphatic rings. The predicted octanol–water partition coefficient (Wildman–Crippen LogP) is 3.15. The minimum absolute atomic E-state index is 0.566. The summed E-state index contributed by atoms with van der Waals surface area (Å²) < 4.78 is 5.27. The maximum atomic E-state index is 10.5. The van der Waals surface area contributed by atoms with Gasteiger partial charge in [-0.15, -0.1) is 0 Å². The van der Waals surface area contributed by atoms with Crippen LogP contribution in [0.1, 0.15) is 29.4 Å². The first-order valence-corrected chi connectivity index (χ1v) is 5.36.